The van der Waals surface area contributed by atoms with Gasteiger partial charge >= 0.3 is 0 Å². The van der Waals surface area contributed by atoms with Crippen molar-refractivity contribution in [1.82, 2.24) is 20.0 Å². The van der Waals surface area contributed by atoms with Crippen molar-refractivity contribution in [3.8, 4) is 11.3 Å². The van der Waals surface area contributed by atoms with E-state index in [1.807, 2.05) is 56.3 Å². The van der Waals surface area contributed by atoms with Crippen molar-refractivity contribution in [2.75, 3.05) is 37.6 Å². The first-order valence-electron chi connectivity index (χ1n) is 11.9. The summed E-state index contributed by atoms with van der Waals surface area (Å²) in [5.74, 6) is 0.0283. The van der Waals surface area contributed by atoms with Crippen molar-refractivity contribution in [2.45, 2.75) is 26.3 Å². The molecule has 0 aliphatic carbocycles. The molecule has 1 saturated heterocycles. The zero-order valence-electron chi connectivity index (χ0n) is 20.1. The Morgan fingerprint density at radius 3 is 2.23 bits per heavy atom. The number of carbonyl (C=O) groups excluding carboxylic acids is 2. The first-order valence-corrected chi connectivity index (χ1v) is 11.9. The maximum atomic E-state index is 13.3. The lowest BCUT2D eigenvalue weighted by Crippen LogP contribution is -2.53. The number of nitrogens with zero attached hydrogens (tertiary/aromatic N) is 5. The Hall–Kier alpha value is -3.81. The van der Waals surface area contributed by atoms with Gasteiger partial charge in [0.25, 0.3) is 5.91 Å². The number of amides is 2. The molecule has 35 heavy (non-hydrogen) atoms. The number of aromatic nitrogens is 2. The van der Waals surface area contributed by atoms with Gasteiger partial charge in [0.2, 0.25) is 5.91 Å². The molecule has 0 radical (unpaired) electrons. The van der Waals surface area contributed by atoms with Gasteiger partial charge in [-0.2, -0.15) is 0 Å². The molecule has 1 atom stereocenters. The number of halogens is 1. The summed E-state index contributed by atoms with van der Waals surface area (Å²) < 4.78 is 13.3. The van der Waals surface area contributed by atoms with Crippen LogP contribution in [0.2, 0.25) is 0 Å². The topological polar surface area (TPSA) is 69.6 Å². The number of anilines is 1. The van der Waals surface area contributed by atoms with Gasteiger partial charge in [0.1, 0.15) is 12.4 Å². The second-order valence-corrected chi connectivity index (χ2v) is 8.71. The van der Waals surface area contributed by atoms with Crippen LogP contribution < -0.4 is 4.90 Å². The Morgan fingerprint density at radius 2 is 1.63 bits per heavy atom. The number of rotatable bonds is 7. The Labute approximate surface area is 205 Å². The van der Waals surface area contributed by atoms with Gasteiger partial charge in [-0.3, -0.25) is 9.59 Å². The fourth-order valence-corrected chi connectivity index (χ4v) is 4.09. The maximum Gasteiger partial charge on any atom is 0.254 e. The van der Waals surface area contributed by atoms with E-state index >= 15 is 0 Å². The van der Waals surface area contributed by atoms with Crippen LogP contribution in [0, 0.1) is 5.82 Å². The summed E-state index contributed by atoms with van der Waals surface area (Å²) in [6, 6.07) is 19.1. The van der Waals surface area contributed by atoms with E-state index < -0.39 is 5.82 Å². The van der Waals surface area contributed by atoms with Crippen LogP contribution in [-0.2, 0) is 4.79 Å². The van der Waals surface area contributed by atoms with Gasteiger partial charge in [-0.25, -0.2) is 4.39 Å². The monoisotopic (exact) mass is 475 g/mol. The van der Waals surface area contributed by atoms with Crippen LogP contribution >= 0.6 is 0 Å². The SMILES string of the molecule is CC[C@@H](C)N(CC(=O)N1CCN(c2ccc(-c3ccccc3)nn2)CC1)C(=O)c1ccc(F)cc1. The van der Waals surface area contributed by atoms with Crippen LogP contribution in [0.25, 0.3) is 11.3 Å². The fourth-order valence-electron chi connectivity index (χ4n) is 4.09. The summed E-state index contributed by atoms with van der Waals surface area (Å²) >= 11 is 0. The first-order chi connectivity index (χ1) is 17.0. The van der Waals surface area contributed by atoms with Crippen LogP contribution in [-0.4, -0.2) is 70.6 Å². The van der Waals surface area contributed by atoms with Crippen LogP contribution in [0.3, 0.4) is 0 Å². The summed E-state index contributed by atoms with van der Waals surface area (Å²) in [5.41, 5.74) is 2.21. The maximum absolute atomic E-state index is 13.3. The summed E-state index contributed by atoms with van der Waals surface area (Å²) in [6.07, 6.45) is 0.714. The Balaban J connectivity index is 1.36. The Bertz CT molecular complexity index is 1130. The lowest BCUT2D eigenvalue weighted by Gasteiger charge is -2.37. The van der Waals surface area contributed by atoms with E-state index in [9.17, 15) is 14.0 Å². The molecule has 1 fully saturated rings. The van der Waals surface area contributed by atoms with Crippen LogP contribution in [0.1, 0.15) is 30.6 Å². The van der Waals surface area contributed by atoms with Crippen LogP contribution in [0.4, 0.5) is 10.2 Å². The third-order valence-electron chi connectivity index (χ3n) is 6.46. The first kappa shape index (κ1) is 24.3. The minimum Gasteiger partial charge on any atom is -0.352 e. The summed E-state index contributed by atoms with van der Waals surface area (Å²) in [6.45, 7) is 6.25. The van der Waals surface area contributed by atoms with E-state index in [0.29, 0.717) is 38.2 Å². The fraction of sp³-hybridized carbons (Fsp3) is 0.333. The molecule has 7 nitrogen and oxygen atoms in total. The van der Waals surface area contributed by atoms with Crippen molar-refractivity contribution in [1.29, 1.82) is 0 Å². The molecule has 0 spiro atoms. The highest BCUT2D eigenvalue weighted by Gasteiger charge is 2.28. The molecular formula is C27H30FN5O2. The van der Waals surface area contributed by atoms with Crippen molar-refractivity contribution < 1.29 is 14.0 Å². The highest BCUT2D eigenvalue weighted by atomic mass is 19.1. The standard InChI is InChI=1S/C27H30FN5O2/c1-3-20(2)33(27(35)22-9-11-23(28)12-10-22)19-26(34)32-17-15-31(16-18-32)25-14-13-24(29-30-25)21-7-5-4-6-8-21/h4-14,20H,3,15-19H2,1-2H3/t20-/m1/s1. The molecule has 2 amide bonds. The van der Waals surface area contributed by atoms with E-state index in [-0.39, 0.29) is 24.4 Å². The molecule has 4 rings (SSSR count). The van der Waals surface area contributed by atoms with Gasteiger partial charge < -0.3 is 14.7 Å². The lowest BCUT2D eigenvalue weighted by atomic mass is 10.1. The second-order valence-electron chi connectivity index (χ2n) is 8.71. The molecule has 0 bridgehead atoms. The third kappa shape index (κ3) is 5.82. The highest BCUT2D eigenvalue weighted by Crippen LogP contribution is 2.19. The molecule has 1 aliphatic heterocycles. The average molecular weight is 476 g/mol. The zero-order chi connectivity index (χ0) is 24.8. The molecule has 182 valence electrons. The van der Waals surface area contributed by atoms with E-state index in [1.54, 1.807) is 9.80 Å². The number of hydrogen-bond acceptors (Lipinski definition) is 5. The quantitative estimate of drug-likeness (QED) is 0.519. The van der Waals surface area contributed by atoms with E-state index in [0.717, 1.165) is 17.1 Å². The summed E-state index contributed by atoms with van der Waals surface area (Å²) in [7, 11) is 0. The number of piperazine rings is 1. The molecule has 0 unspecified atom stereocenters. The minimum absolute atomic E-state index is 0.00318. The van der Waals surface area contributed by atoms with E-state index in [2.05, 4.69) is 15.1 Å². The van der Waals surface area contributed by atoms with Crippen molar-refractivity contribution in [2.24, 2.45) is 0 Å². The molecule has 0 saturated carbocycles. The number of carbonyl (C=O) groups is 2. The van der Waals surface area contributed by atoms with Crippen LogP contribution in [0.15, 0.2) is 66.7 Å². The molecule has 8 heteroatoms. The minimum atomic E-state index is -0.398. The van der Waals surface area contributed by atoms with Gasteiger partial charge in [0.05, 0.1) is 5.69 Å². The highest BCUT2D eigenvalue weighted by molar-refractivity contribution is 5.96. The third-order valence-corrected chi connectivity index (χ3v) is 6.46. The average Bonchev–Trinajstić information content (AvgIpc) is 2.92. The summed E-state index contributed by atoms with van der Waals surface area (Å²) in [4.78, 5) is 31.6. The second kappa shape index (κ2) is 11.1. The van der Waals surface area contributed by atoms with Crippen LogP contribution in [0.5, 0.6) is 0 Å². The predicted octanol–water partition coefficient (Wildman–Crippen LogP) is 3.87. The van der Waals surface area contributed by atoms with Gasteiger partial charge in [0, 0.05) is 43.3 Å². The lowest BCUT2D eigenvalue weighted by molar-refractivity contribution is -0.132. The normalized spacial score (nSPS) is 14.5. The molecule has 2 aromatic carbocycles. The van der Waals surface area contributed by atoms with E-state index in [1.165, 1.54) is 24.3 Å². The van der Waals surface area contributed by atoms with Gasteiger partial charge in [-0.05, 0) is 49.7 Å². The van der Waals surface area contributed by atoms with Crippen molar-refractivity contribution in [3.05, 3.63) is 78.1 Å². The molecular weight excluding hydrogens is 445 g/mol. The number of hydrogen-bond donors (Lipinski definition) is 0. The summed E-state index contributed by atoms with van der Waals surface area (Å²) in [5, 5.41) is 8.75. The van der Waals surface area contributed by atoms with Crippen molar-refractivity contribution in [3.63, 3.8) is 0 Å². The Kier molecular flexibility index (Phi) is 7.70. The van der Waals surface area contributed by atoms with Gasteiger partial charge in [-0.1, -0.05) is 37.3 Å². The molecule has 0 N–H and O–H groups in total. The van der Waals surface area contributed by atoms with Gasteiger partial charge in [0.15, 0.2) is 5.82 Å². The molecule has 1 aromatic heterocycles. The largest absolute Gasteiger partial charge is 0.352 e. The molecule has 2 heterocycles. The van der Waals surface area contributed by atoms with Gasteiger partial charge in [-0.15, -0.1) is 10.2 Å². The zero-order valence-corrected chi connectivity index (χ0v) is 20.1. The molecule has 3 aromatic rings. The van der Waals surface area contributed by atoms with E-state index in [4.69, 9.17) is 0 Å². The smallest absolute Gasteiger partial charge is 0.254 e. The Morgan fingerprint density at radius 1 is 0.943 bits per heavy atom. The number of benzene rings is 2. The molecule has 1 aliphatic rings. The predicted molar refractivity (Wildman–Crippen MR) is 133 cm³/mol. The van der Waals surface area contributed by atoms with Crippen molar-refractivity contribution >= 4 is 17.6 Å².